The van der Waals surface area contributed by atoms with Gasteiger partial charge in [0.15, 0.2) is 0 Å². The first kappa shape index (κ1) is 16.4. The number of sulfonamides is 1. The lowest BCUT2D eigenvalue weighted by molar-refractivity contribution is -0.146. The van der Waals surface area contributed by atoms with E-state index in [4.69, 9.17) is 4.74 Å². The first-order valence-corrected chi connectivity index (χ1v) is 8.03. The number of nitrogens with zero attached hydrogens (tertiary/aromatic N) is 1. The Morgan fingerprint density at radius 2 is 2.05 bits per heavy atom. The monoisotopic (exact) mass is 293 g/mol. The highest BCUT2D eigenvalue weighted by Crippen LogP contribution is 2.32. The van der Waals surface area contributed by atoms with E-state index >= 15 is 0 Å². The molecule has 0 aromatic heterocycles. The van der Waals surface area contributed by atoms with Crippen molar-refractivity contribution < 1.29 is 23.1 Å². The number of carboxylic acid groups (broad SMARTS) is 1. The minimum atomic E-state index is -3.64. The molecule has 112 valence electrons. The summed E-state index contributed by atoms with van der Waals surface area (Å²) in [6, 6.07) is 0. The standard InChI is InChI=1S/C12H23NO5S/c1-9(2)10(18-4)8-19(16,17)13-7-5-6-12(13,3)11(14)15/h9-10H,5-8H2,1-4H3,(H,14,15). The van der Waals surface area contributed by atoms with E-state index in [-0.39, 0.29) is 18.2 Å². The van der Waals surface area contributed by atoms with Crippen molar-refractivity contribution in [1.29, 1.82) is 0 Å². The Kier molecular flexibility index (Phi) is 4.97. The minimum absolute atomic E-state index is 0.0541. The van der Waals surface area contributed by atoms with Gasteiger partial charge in [0.05, 0.1) is 11.9 Å². The highest BCUT2D eigenvalue weighted by molar-refractivity contribution is 7.89. The van der Waals surface area contributed by atoms with Gasteiger partial charge in [0.1, 0.15) is 5.54 Å². The third-order valence-corrected chi connectivity index (χ3v) is 5.80. The molecule has 0 saturated carbocycles. The van der Waals surface area contributed by atoms with Crippen LogP contribution in [0, 0.1) is 5.92 Å². The molecule has 1 rings (SSSR count). The second-order valence-corrected chi connectivity index (χ2v) is 7.49. The van der Waals surface area contributed by atoms with Gasteiger partial charge in [0.2, 0.25) is 10.0 Å². The van der Waals surface area contributed by atoms with Crippen molar-refractivity contribution in [2.24, 2.45) is 5.92 Å². The van der Waals surface area contributed by atoms with Crippen molar-refractivity contribution >= 4 is 16.0 Å². The van der Waals surface area contributed by atoms with E-state index in [9.17, 15) is 18.3 Å². The maximum Gasteiger partial charge on any atom is 0.324 e. The van der Waals surface area contributed by atoms with Gasteiger partial charge in [0.25, 0.3) is 0 Å². The van der Waals surface area contributed by atoms with Gasteiger partial charge >= 0.3 is 5.97 Å². The zero-order valence-electron chi connectivity index (χ0n) is 11.9. The average molecular weight is 293 g/mol. The predicted octanol–water partition coefficient (Wildman–Crippen LogP) is 0.926. The second-order valence-electron chi connectivity index (χ2n) is 5.55. The van der Waals surface area contributed by atoms with Gasteiger partial charge in [-0.1, -0.05) is 13.8 Å². The van der Waals surface area contributed by atoms with E-state index in [1.54, 1.807) is 0 Å². The van der Waals surface area contributed by atoms with Gasteiger partial charge in [0, 0.05) is 13.7 Å². The number of methoxy groups -OCH3 is 1. The molecule has 0 spiro atoms. The molecule has 19 heavy (non-hydrogen) atoms. The van der Waals surface area contributed by atoms with Crippen LogP contribution in [0.3, 0.4) is 0 Å². The van der Waals surface area contributed by atoms with Crippen molar-refractivity contribution in [2.75, 3.05) is 19.4 Å². The Bertz CT molecular complexity index is 433. The van der Waals surface area contributed by atoms with Gasteiger partial charge in [-0.05, 0) is 25.7 Å². The molecule has 0 amide bonds. The molecule has 0 radical (unpaired) electrons. The van der Waals surface area contributed by atoms with Crippen molar-refractivity contribution in [3.63, 3.8) is 0 Å². The number of carbonyl (C=O) groups is 1. The normalized spacial score (nSPS) is 26.8. The zero-order chi connectivity index (χ0) is 14.8. The van der Waals surface area contributed by atoms with Crippen LogP contribution in [0.1, 0.15) is 33.6 Å². The first-order chi connectivity index (χ1) is 8.65. The van der Waals surface area contributed by atoms with Crippen LogP contribution in [-0.2, 0) is 19.6 Å². The van der Waals surface area contributed by atoms with Crippen molar-refractivity contribution in [3.8, 4) is 0 Å². The molecule has 1 aliphatic heterocycles. The lowest BCUT2D eigenvalue weighted by Crippen LogP contribution is -2.52. The van der Waals surface area contributed by atoms with Crippen molar-refractivity contribution in [2.45, 2.75) is 45.3 Å². The van der Waals surface area contributed by atoms with Gasteiger partial charge in [-0.2, -0.15) is 4.31 Å². The SMILES string of the molecule is COC(CS(=O)(=O)N1CCCC1(C)C(=O)O)C(C)C. The number of carboxylic acids is 1. The molecular formula is C12H23NO5S. The zero-order valence-corrected chi connectivity index (χ0v) is 12.7. The highest BCUT2D eigenvalue weighted by Gasteiger charge is 2.49. The molecule has 7 heteroatoms. The largest absolute Gasteiger partial charge is 0.480 e. The lowest BCUT2D eigenvalue weighted by Gasteiger charge is -2.32. The van der Waals surface area contributed by atoms with E-state index in [1.165, 1.54) is 14.0 Å². The van der Waals surface area contributed by atoms with E-state index in [1.807, 2.05) is 13.8 Å². The van der Waals surface area contributed by atoms with Gasteiger partial charge in [-0.15, -0.1) is 0 Å². The summed E-state index contributed by atoms with van der Waals surface area (Å²) in [5.74, 6) is -1.21. The molecule has 0 bridgehead atoms. The molecule has 1 fully saturated rings. The Hall–Kier alpha value is -0.660. The van der Waals surface area contributed by atoms with E-state index in [0.717, 1.165) is 4.31 Å². The molecule has 2 atom stereocenters. The van der Waals surface area contributed by atoms with Crippen LogP contribution in [0.4, 0.5) is 0 Å². The summed E-state index contributed by atoms with van der Waals surface area (Å²) in [6.07, 6.45) is 0.492. The fraction of sp³-hybridized carbons (Fsp3) is 0.917. The lowest BCUT2D eigenvalue weighted by atomic mass is 10.0. The molecule has 6 nitrogen and oxygen atoms in total. The van der Waals surface area contributed by atoms with Crippen LogP contribution >= 0.6 is 0 Å². The Morgan fingerprint density at radius 3 is 2.47 bits per heavy atom. The minimum Gasteiger partial charge on any atom is -0.480 e. The van der Waals surface area contributed by atoms with Crippen LogP contribution in [-0.4, -0.2) is 54.8 Å². The molecule has 1 aliphatic rings. The highest BCUT2D eigenvalue weighted by atomic mass is 32.2. The average Bonchev–Trinajstić information content (AvgIpc) is 2.70. The summed E-state index contributed by atoms with van der Waals surface area (Å²) in [4.78, 5) is 11.3. The van der Waals surface area contributed by atoms with Crippen molar-refractivity contribution in [3.05, 3.63) is 0 Å². The topological polar surface area (TPSA) is 83.9 Å². The summed E-state index contributed by atoms with van der Waals surface area (Å²) in [7, 11) is -2.17. The number of hydrogen-bond acceptors (Lipinski definition) is 4. The third-order valence-electron chi connectivity index (χ3n) is 3.79. The summed E-state index contributed by atoms with van der Waals surface area (Å²) >= 11 is 0. The van der Waals surface area contributed by atoms with Gasteiger partial charge in [-0.3, -0.25) is 4.79 Å². The van der Waals surface area contributed by atoms with Crippen molar-refractivity contribution in [1.82, 2.24) is 4.31 Å². The van der Waals surface area contributed by atoms with E-state index < -0.39 is 27.6 Å². The Balaban J connectivity index is 2.97. The molecule has 1 N–H and O–H groups in total. The number of hydrogen-bond donors (Lipinski definition) is 1. The van der Waals surface area contributed by atoms with Crippen LogP contribution in [0.15, 0.2) is 0 Å². The predicted molar refractivity (Wildman–Crippen MR) is 71.4 cm³/mol. The smallest absolute Gasteiger partial charge is 0.324 e. The number of aliphatic carboxylic acids is 1. The van der Waals surface area contributed by atoms with E-state index in [0.29, 0.717) is 12.8 Å². The van der Waals surface area contributed by atoms with Crippen LogP contribution in [0.2, 0.25) is 0 Å². The number of ether oxygens (including phenoxy) is 1. The molecular weight excluding hydrogens is 270 g/mol. The molecule has 1 saturated heterocycles. The van der Waals surface area contributed by atoms with E-state index in [2.05, 4.69) is 0 Å². The maximum atomic E-state index is 12.4. The molecule has 0 aromatic carbocycles. The van der Waals surface area contributed by atoms with Crippen LogP contribution in [0.25, 0.3) is 0 Å². The molecule has 0 aromatic rings. The third kappa shape index (κ3) is 3.27. The summed E-state index contributed by atoms with van der Waals surface area (Å²) < 4.78 is 31.1. The first-order valence-electron chi connectivity index (χ1n) is 6.42. The Labute approximate surface area is 114 Å². The van der Waals surface area contributed by atoms with Gasteiger partial charge in [-0.25, -0.2) is 8.42 Å². The number of rotatable bonds is 6. The molecule has 1 heterocycles. The summed E-state index contributed by atoms with van der Waals surface area (Å²) in [6.45, 7) is 5.49. The molecule has 2 unspecified atom stereocenters. The van der Waals surface area contributed by atoms with Crippen LogP contribution in [0.5, 0.6) is 0 Å². The quantitative estimate of drug-likeness (QED) is 0.787. The Morgan fingerprint density at radius 1 is 1.47 bits per heavy atom. The van der Waals surface area contributed by atoms with Crippen LogP contribution < -0.4 is 0 Å². The second kappa shape index (κ2) is 5.76. The summed E-state index contributed by atoms with van der Waals surface area (Å²) in [5, 5.41) is 9.27. The molecule has 0 aliphatic carbocycles. The fourth-order valence-corrected chi connectivity index (χ4v) is 4.73. The fourth-order valence-electron chi connectivity index (χ4n) is 2.43. The summed E-state index contributed by atoms with van der Waals surface area (Å²) in [5.41, 5.74) is -1.33. The maximum absolute atomic E-state index is 12.4. The van der Waals surface area contributed by atoms with Gasteiger partial charge < -0.3 is 9.84 Å².